The highest BCUT2D eigenvalue weighted by Crippen LogP contribution is 2.33. The highest BCUT2D eigenvalue weighted by atomic mass is 19.4. The fraction of sp³-hybridized carbons (Fsp3) is 0.316. The minimum absolute atomic E-state index is 0.0110. The topological polar surface area (TPSA) is 135 Å². The maximum atomic E-state index is 13.2. The van der Waals surface area contributed by atoms with Gasteiger partial charge in [-0.05, 0) is 18.2 Å². The molecule has 1 aliphatic rings. The predicted octanol–water partition coefficient (Wildman–Crippen LogP) is 1.51. The molecule has 1 aliphatic heterocycles. The quantitative estimate of drug-likeness (QED) is 0.675. The number of aromatic nitrogens is 2. The zero-order valence-electron chi connectivity index (χ0n) is 16.4. The van der Waals surface area contributed by atoms with Crippen LogP contribution in [0, 0.1) is 11.3 Å². The van der Waals surface area contributed by atoms with Crippen molar-refractivity contribution in [1.29, 1.82) is 5.26 Å². The van der Waals surface area contributed by atoms with Crippen molar-refractivity contribution in [1.82, 2.24) is 9.78 Å². The fourth-order valence-corrected chi connectivity index (χ4v) is 3.08. The van der Waals surface area contributed by atoms with Crippen molar-refractivity contribution in [2.45, 2.75) is 25.3 Å². The Balaban J connectivity index is 1.90. The second-order valence-corrected chi connectivity index (χ2v) is 6.61. The number of carbonyl (C=O) groups excluding carboxylic acids is 2. The van der Waals surface area contributed by atoms with Gasteiger partial charge in [-0.1, -0.05) is 0 Å². The van der Waals surface area contributed by atoms with E-state index in [1.54, 1.807) is 0 Å². The van der Waals surface area contributed by atoms with Crippen molar-refractivity contribution in [3.8, 4) is 11.8 Å². The van der Waals surface area contributed by atoms with E-state index in [-0.39, 0.29) is 24.7 Å². The van der Waals surface area contributed by atoms with Crippen LogP contribution in [0.1, 0.15) is 18.1 Å². The molecule has 168 valence electrons. The summed E-state index contributed by atoms with van der Waals surface area (Å²) in [5.41, 5.74) is -1.70. The molecule has 1 aromatic carbocycles. The Hall–Kier alpha value is -3.92. The number of nitriles is 1. The molecule has 10 nitrogen and oxygen atoms in total. The molecule has 1 saturated heterocycles. The number of carboxylic acids is 1. The van der Waals surface area contributed by atoms with Crippen molar-refractivity contribution in [3.05, 3.63) is 41.6 Å². The van der Waals surface area contributed by atoms with E-state index in [4.69, 9.17) is 10.00 Å². The summed E-state index contributed by atoms with van der Waals surface area (Å²) in [6.45, 7) is 0.874. The number of ether oxygens (including phenoxy) is 2. The predicted molar refractivity (Wildman–Crippen MR) is 98.6 cm³/mol. The van der Waals surface area contributed by atoms with Crippen LogP contribution in [-0.4, -0.2) is 58.1 Å². The average molecular weight is 452 g/mol. The SMILES string of the molecule is CC(=O)OC(C(=O)O)C1OCCN(c2ccn(-c3ccc(C#N)c(C(F)(F)F)c3)n2)C1=O. The smallest absolute Gasteiger partial charge is 0.417 e. The number of hydrogen-bond acceptors (Lipinski definition) is 7. The van der Waals surface area contributed by atoms with Crippen LogP contribution in [0.3, 0.4) is 0 Å². The Labute approximate surface area is 178 Å². The summed E-state index contributed by atoms with van der Waals surface area (Å²) in [6, 6.07) is 5.84. The summed E-state index contributed by atoms with van der Waals surface area (Å²) in [5.74, 6) is -3.32. The molecular formula is C19H15F3N4O6. The first-order valence-corrected chi connectivity index (χ1v) is 9.03. The lowest BCUT2D eigenvalue weighted by atomic mass is 10.1. The van der Waals surface area contributed by atoms with Gasteiger partial charge in [0.2, 0.25) is 6.10 Å². The molecule has 1 fully saturated rings. The lowest BCUT2D eigenvalue weighted by Crippen LogP contribution is -2.55. The second-order valence-electron chi connectivity index (χ2n) is 6.61. The van der Waals surface area contributed by atoms with Gasteiger partial charge in [-0.15, -0.1) is 5.10 Å². The number of amides is 1. The van der Waals surface area contributed by atoms with Crippen molar-refractivity contribution in [3.63, 3.8) is 0 Å². The normalized spacial score (nSPS) is 17.5. The minimum Gasteiger partial charge on any atom is -0.478 e. The van der Waals surface area contributed by atoms with Crippen LogP contribution >= 0.6 is 0 Å². The highest BCUT2D eigenvalue weighted by Gasteiger charge is 2.43. The molecule has 2 unspecified atom stereocenters. The molecule has 13 heteroatoms. The first-order valence-electron chi connectivity index (χ1n) is 9.03. The third kappa shape index (κ3) is 4.54. The molecule has 0 spiro atoms. The molecule has 3 rings (SSSR count). The van der Waals surface area contributed by atoms with Crippen molar-refractivity contribution >= 4 is 23.7 Å². The van der Waals surface area contributed by atoms with E-state index in [1.165, 1.54) is 24.4 Å². The van der Waals surface area contributed by atoms with Crippen LogP contribution in [0.4, 0.5) is 19.0 Å². The molecule has 1 amide bonds. The van der Waals surface area contributed by atoms with E-state index >= 15 is 0 Å². The summed E-state index contributed by atoms with van der Waals surface area (Å²) in [7, 11) is 0. The second kappa shape index (κ2) is 8.67. The first kappa shape index (κ1) is 22.8. The number of carboxylic acid groups (broad SMARTS) is 1. The van der Waals surface area contributed by atoms with Gasteiger partial charge in [-0.2, -0.15) is 18.4 Å². The highest BCUT2D eigenvalue weighted by molar-refractivity contribution is 5.99. The Bertz CT molecular complexity index is 1110. The van der Waals surface area contributed by atoms with E-state index in [0.29, 0.717) is 0 Å². The fourth-order valence-electron chi connectivity index (χ4n) is 3.08. The lowest BCUT2D eigenvalue weighted by Gasteiger charge is -2.33. The van der Waals surface area contributed by atoms with Crippen molar-refractivity contribution < 1.29 is 42.1 Å². The number of rotatable bonds is 5. The van der Waals surface area contributed by atoms with E-state index in [0.717, 1.165) is 28.6 Å². The van der Waals surface area contributed by atoms with E-state index in [1.807, 2.05) is 0 Å². The largest absolute Gasteiger partial charge is 0.478 e. The maximum Gasteiger partial charge on any atom is 0.417 e. The Morgan fingerprint density at radius 2 is 2.09 bits per heavy atom. The number of hydrogen-bond donors (Lipinski definition) is 1. The van der Waals surface area contributed by atoms with E-state index in [2.05, 4.69) is 9.84 Å². The number of alkyl halides is 3. The number of benzene rings is 1. The summed E-state index contributed by atoms with van der Waals surface area (Å²) >= 11 is 0. The number of nitrogens with zero attached hydrogens (tertiary/aromatic N) is 4. The molecular weight excluding hydrogens is 437 g/mol. The minimum atomic E-state index is -4.76. The summed E-state index contributed by atoms with van der Waals surface area (Å²) < 4.78 is 50.6. The van der Waals surface area contributed by atoms with Crippen LogP contribution < -0.4 is 4.90 Å². The molecule has 32 heavy (non-hydrogen) atoms. The molecule has 2 atom stereocenters. The van der Waals surface area contributed by atoms with E-state index < -0.39 is 47.4 Å². The number of halogens is 3. The average Bonchev–Trinajstić information content (AvgIpc) is 3.21. The third-order valence-corrected chi connectivity index (χ3v) is 4.48. The van der Waals surface area contributed by atoms with Crippen LogP contribution in [-0.2, 0) is 30.0 Å². The van der Waals surface area contributed by atoms with Crippen LogP contribution in [0.25, 0.3) is 5.69 Å². The summed E-state index contributed by atoms with van der Waals surface area (Å²) in [4.78, 5) is 36.5. The first-order chi connectivity index (χ1) is 15.0. The van der Waals surface area contributed by atoms with Gasteiger partial charge in [0.25, 0.3) is 5.91 Å². The number of morpholine rings is 1. The Morgan fingerprint density at radius 3 is 2.69 bits per heavy atom. The molecule has 0 aliphatic carbocycles. The van der Waals surface area contributed by atoms with Gasteiger partial charge in [0.05, 0.1) is 36.0 Å². The van der Waals surface area contributed by atoms with Crippen LogP contribution in [0.15, 0.2) is 30.5 Å². The van der Waals surface area contributed by atoms with Gasteiger partial charge in [0, 0.05) is 19.2 Å². The monoisotopic (exact) mass is 452 g/mol. The van der Waals surface area contributed by atoms with E-state index in [9.17, 15) is 32.7 Å². The summed E-state index contributed by atoms with van der Waals surface area (Å²) in [6.07, 6.45) is -6.96. The summed E-state index contributed by atoms with van der Waals surface area (Å²) in [5, 5.41) is 22.3. The zero-order valence-corrected chi connectivity index (χ0v) is 16.4. The number of anilines is 1. The molecule has 2 heterocycles. The third-order valence-electron chi connectivity index (χ3n) is 4.48. The Kier molecular flexibility index (Phi) is 6.17. The van der Waals surface area contributed by atoms with Crippen molar-refractivity contribution in [2.75, 3.05) is 18.1 Å². The molecule has 0 bridgehead atoms. The van der Waals surface area contributed by atoms with Gasteiger partial charge in [0.15, 0.2) is 11.9 Å². The van der Waals surface area contributed by atoms with Crippen LogP contribution in [0.5, 0.6) is 0 Å². The van der Waals surface area contributed by atoms with Gasteiger partial charge in [-0.3, -0.25) is 14.5 Å². The van der Waals surface area contributed by atoms with Gasteiger partial charge in [0.1, 0.15) is 0 Å². The molecule has 2 aromatic rings. The number of aliphatic carboxylic acids is 1. The van der Waals surface area contributed by atoms with Gasteiger partial charge < -0.3 is 14.6 Å². The lowest BCUT2D eigenvalue weighted by molar-refractivity contribution is -0.177. The Morgan fingerprint density at radius 1 is 1.38 bits per heavy atom. The molecule has 0 saturated carbocycles. The van der Waals surface area contributed by atoms with Gasteiger partial charge >= 0.3 is 18.1 Å². The standard InChI is InChI=1S/C19H15F3N4O6/c1-10(27)32-16(18(29)30)15-17(28)25(6-7-31-15)14-4-5-26(24-14)12-3-2-11(9-23)13(8-12)19(20,21)22/h2-5,8,15-16H,6-7H2,1H3,(H,29,30). The van der Waals surface area contributed by atoms with Gasteiger partial charge in [-0.25, -0.2) is 9.48 Å². The molecule has 1 aromatic heterocycles. The maximum absolute atomic E-state index is 13.2. The number of esters is 1. The molecule has 0 radical (unpaired) electrons. The van der Waals surface area contributed by atoms with Crippen LogP contribution in [0.2, 0.25) is 0 Å². The zero-order chi connectivity index (χ0) is 23.6. The number of carbonyl (C=O) groups is 3. The van der Waals surface area contributed by atoms with Crippen molar-refractivity contribution in [2.24, 2.45) is 0 Å². The molecule has 1 N–H and O–H groups in total.